The molecule has 0 amide bonds. The molecule has 0 radical (unpaired) electrons. The van der Waals surface area contributed by atoms with Gasteiger partial charge in [0.2, 0.25) is 0 Å². The van der Waals surface area contributed by atoms with Crippen molar-refractivity contribution in [1.82, 2.24) is 9.97 Å². The molecule has 0 saturated heterocycles. The van der Waals surface area contributed by atoms with Gasteiger partial charge in [-0.2, -0.15) is 0 Å². The molecule has 2 heterocycles. The van der Waals surface area contributed by atoms with E-state index in [-0.39, 0.29) is 0 Å². The van der Waals surface area contributed by atoms with Gasteiger partial charge in [0.15, 0.2) is 5.13 Å². The minimum absolute atomic E-state index is 0.779. The fraction of sp³-hybridized carbons (Fsp3) is 0.0667. The maximum atomic E-state index is 5.41. The zero-order valence-electron chi connectivity index (χ0n) is 11.2. The summed E-state index contributed by atoms with van der Waals surface area (Å²) in [4.78, 5) is 8.81. The summed E-state index contributed by atoms with van der Waals surface area (Å²) < 4.78 is 6.39. The van der Waals surface area contributed by atoms with Crippen LogP contribution in [0, 0.1) is 0 Å². The van der Waals surface area contributed by atoms with E-state index in [1.807, 2.05) is 41.8 Å². The van der Waals surface area contributed by atoms with Gasteiger partial charge in [-0.3, -0.25) is 0 Å². The number of nitrogens with one attached hydrogen (secondary N) is 1. The molecule has 0 aliphatic heterocycles. The molecule has 0 aliphatic rings. The maximum Gasteiger partial charge on any atom is 0.188 e. The molecule has 1 aromatic carbocycles. The predicted octanol–water partition coefficient (Wildman–Crippen LogP) is 4.72. The van der Waals surface area contributed by atoms with Gasteiger partial charge in [0, 0.05) is 21.6 Å². The zero-order valence-corrected chi connectivity index (χ0v) is 13.6. The number of anilines is 2. The van der Waals surface area contributed by atoms with E-state index in [0.29, 0.717) is 0 Å². The third kappa shape index (κ3) is 3.22. The molecule has 4 nitrogen and oxygen atoms in total. The van der Waals surface area contributed by atoms with E-state index in [0.717, 1.165) is 32.4 Å². The van der Waals surface area contributed by atoms with Crippen LogP contribution in [0.15, 0.2) is 52.4 Å². The molecule has 106 valence electrons. The van der Waals surface area contributed by atoms with Crippen LogP contribution in [-0.2, 0) is 0 Å². The summed E-state index contributed by atoms with van der Waals surface area (Å²) in [7, 11) is 1.66. The van der Waals surface area contributed by atoms with Crippen LogP contribution in [0.5, 0.6) is 5.75 Å². The highest BCUT2D eigenvalue weighted by atomic mass is 79.9. The number of halogens is 1. The lowest BCUT2D eigenvalue weighted by atomic mass is 10.1. The highest BCUT2D eigenvalue weighted by molar-refractivity contribution is 9.10. The number of methoxy groups -OCH3 is 1. The Kier molecular flexibility index (Phi) is 4.17. The van der Waals surface area contributed by atoms with Gasteiger partial charge in [0.1, 0.15) is 11.6 Å². The number of ether oxygens (including phenoxy) is 1. The number of rotatable bonds is 4. The number of hydrogen-bond donors (Lipinski definition) is 1. The second kappa shape index (κ2) is 6.24. The SMILES string of the molecule is COc1cc(Br)ccc1-c1csc(Nc2ccccn2)n1. The first-order chi connectivity index (χ1) is 10.3. The van der Waals surface area contributed by atoms with Crippen molar-refractivity contribution in [2.75, 3.05) is 12.4 Å². The first-order valence-corrected chi connectivity index (χ1v) is 7.91. The summed E-state index contributed by atoms with van der Waals surface area (Å²) >= 11 is 4.97. The Hall–Kier alpha value is -1.92. The number of nitrogens with zero attached hydrogens (tertiary/aromatic N) is 2. The highest BCUT2D eigenvalue weighted by Crippen LogP contribution is 2.34. The Morgan fingerprint density at radius 2 is 2.14 bits per heavy atom. The van der Waals surface area contributed by atoms with E-state index < -0.39 is 0 Å². The molecular formula is C15H12BrN3OS. The van der Waals surface area contributed by atoms with E-state index in [2.05, 4.69) is 31.2 Å². The topological polar surface area (TPSA) is 47.0 Å². The lowest BCUT2D eigenvalue weighted by molar-refractivity contribution is 0.416. The molecule has 0 spiro atoms. The lowest BCUT2D eigenvalue weighted by Gasteiger charge is -2.06. The van der Waals surface area contributed by atoms with Gasteiger partial charge < -0.3 is 10.1 Å². The molecule has 21 heavy (non-hydrogen) atoms. The molecule has 3 aromatic rings. The highest BCUT2D eigenvalue weighted by Gasteiger charge is 2.10. The molecule has 2 aromatic heterocycles. The number of hydrogen-bond acceptors (Lipinski definition) is 5. The van der Waals surface area contributed by atoms with Crippen LogP contribution in [0.1, 0.15) is 0 Å². The van der Waals surface area contributed by atoms with Crippen molar-refractivity contribution in [3.63, 3.8) is 0 Å². The largest absolute Gasteiger partial charge is 0.496 e. The number of thiazole rings is 1. The summed E-state index contributed by atoms with van der Waals surface area (Å²) in [6, 6.07) is 11.6. The van der Waals surface area contributed by atoms with Gasteiger partial charge in [-0.1, -0.05) is 22.0 Å². The third-order valence-electron chi connectivity index (χ3n) is 2.84. The molecule has 0 atom stereocenters. The summed E-state index contributed by atoms with van der Waals surface area (Å²) in [5, 5.41) is 5.99. The van der Waals surface area contributed by atoms with Crippen LogP contribution in [0.3, 0.4) is 0 Å². The van der Waals surface area contributed by atoms with Crippen molar-refractivity contribution < 1.29 is 4.74 Å². The van der Waals surface area contributed by atoms with Crippen molar-refractivity contribution in [2.45, 2.75) is 0 Å². The average molecular weight is 362 g/mol. The van der Waals surface area contributed by atoms with Crippen LogP contribution in [-0.4, -0.2) is 17.1 Å². The van der Waals surface area contributed by atoms with Gasteiger partial charge in [-0.05, 0) is 30.3 Å². The average Bonchev–Trinajstić information content (AvgIpc) is 2.96. The Bertz CT molecular complexity index is 746. The van der Waals surface area contributed by atoms with Crippen LogP contribution in [0.4, 0.5) is 10.9 Å². The van der Waals surface area contributed by atoms with Crippen molar-refractivity contribution in [1.29, 1.82) is 0 Å². The molecule has 0 fully saturated rings. The van der Waals surface area contributed by atoms with E-state index >= 15 is 0 Å². The van der Waals surface area contributed by atoms with Crippen LogP contribution in [0.2, 0.25) is 0 Å². The standard InChI is InChI=1S/C15H12BrN3OS/c1-20-13-8-10(16)5-6-11(13)12-9-21-15(18-12)19-14-4-2-3-7-17-14/h2-9H,1H3,(H,17,18,19). The second-order valence-electron chi connectivity index (χ2n) is 4.22. The Balaban J connectivity index is 1.88. The molecule has 0 saturated carbocycles. The Labute approximate surface area is 135 Å². The summed E-state index contributed by atoms with van der Waals surface area (Å²) in [5.41, 5.74) is 1.84. The molecule has 0 bridgehead atoms. The molecule has 0 aliphatic carbocycles. The maximum absolute atomic E-state index is 5.41. The Morgan fingerprint density at radius 1 is 1.24 bits per heavy atom. The monoisotopic (exact) mass is 361 g/mol. The van der Waals surface area contributed by atoms with Crippen LogP contribution < -0.4 is 10.1 Å². The minimum Gasteiger partial charge on any atom is -0.496 e. The van der Waals surface area contributed by atoms with Crippen LogP contribution in [0.25, 0.3) is 11.3 Å². The minimum atomic E-state index is 0.779. The second-order valence-corrected chi connectivity index (χ2v) is 6.00. The van der Waals surface area contributed by atoms with E-state index in [1.54, 1.807) is 13.3 Å². The zero-order chi connectivity index (χ0) is 14.7. The van der Waals surface area contributed by atoms with Crippen molar-refractivity contribution in [3.05, 3.63) is 52.4 Å². The predicted molar refractivity (Wildman–Crippen MR) is 89.3 cm³/mol. The van der Waals surface area contributed by atoms with Crippen molar-refractivity contribution in [2.24, 2.45) is 0 Å². The van der Waals surface area contributed by atoms with Gasteiger partial charge in [-0.15, -0.1) is 11.3 Å². The molecule has 3 rings (SSSR count). The summed E-state index contributed by atoms with van der Waals surface area (Å²) in [6.07, 6.45) is 1.74. The third-order valence-corrected chi connectivity index (χ3v) is 4.09. The first-order valence-electron chi connectivity index (χ1n) is 6.24. The lowest BCUT2D eigenvalue weighted by Crippen LogP contribution is -1.92. The molecular weight excluding hydrogens is 350 g/mol. The number of benzene rings is 1. The Morgan fingerprint density at radius 3 is 2.90 bits per heavy atom. The number of aromatic nitrogens is 2. The first kappa shape index (κ1) is 14.0. The summed E-state index contributed by atoms with van der Waals surface area (Å²) in [5.74, 6) is 1.57. The summed E-state index contributed by atoms with van der Waals surface area (Å²) in [6.45, 7) is 0. The van der Waals surface area contributed by atoms with Gasteiger partial charge in [-0.25, -0.2) is 9.97 Å². The normalized spacial score (nSPS) is 10.4. The van der Waals surface area contributed by atoms with Crippen LogP contribution >= 0.6 is 27.3 Å². The van der Waals surface area contributed by atoms with E-state index in [1.165, 1.54) is 11.3 Å². The fourth-order valence-electron chi connectivity index (χ4n) is 1.88. The van der Waals surface area contributed by atoms with Gasteiger partial charge in [0.25, 0.3) is 0 Å². The smallest absolute Gasteiger partial charge is 0.188 e. The quantitative estimate of drug-likeness (QED) is 0.730. The van der Waals surface area contributed by atoms with Gasteiger partial charge in [0.05, 0.1) is 12.8 Å². The molecule has 1 N–H and O–H groups in total. The van der Waals surface area contributed by atoms with Crippen molar-refractivity contribution in [3.8, 4) is 17.0 Å². The fourth-order valence-corrected chi connectivity index (χ4v) is 2.94. The van der Waals surface area contributed by atoms with Crippen molar-refractivity contribution >= 4 is 38.2 Å². The van der Waals surface area contributed by atoms with E-state index in [4.69, 9.17) is 4.74 Å². The van der Waals surface area contributed by atoms with E-state index in [9.17, 15) is 0 Å². The molecule has 0 unspecified atom stereocenters. The molecule has 6 heteroatoms. The van der Waals surface area contributed by atoms with Gasteiger partial charge >= 0.3 is 0 Å². The number of pyridine rings is 1.